The van der Waals surface area contributed by atoms with Crippen LogP contribution in [0.15, 0.2) is 24.3 Å². The Kier molecular flexibility index (Phi) is 5.83. The van der Waals surface area contributed by atoms with Gasteiger partial charge in [-0.2, -0.15) is 0 Å². The van der Waals surface area contributed by atoms with Crippen molar-refractivity contribution < 1.29 is 5.11 Å². The van der Waals surface area contributed by atoms with Gasteiger partial charge in [-0.25, -0.2) is 0 Å². The molecule has 0 spiro atoms. The summed E-state index contributed by atoms with van der Waals surface area (Å²) < 4.78 is 0. The number of benzene rings is 1. The highest BCUT2D eigenvalue weighted by molar-refractivity contribution is 5.27. The highest BCUT2D eigenvalue weighted by Gasteiger charge is 2.20. The summed E-state index contributed by atoms with van der Waals surface area (Å²) in [4.78, 5) is 2.23. The number of rotatable bonds is 7. The molecule has 1 aromatic rings. The first kappa shape index (κ1) is 16.0. The van der Waals surface area contributed by atoms with E-state index in [4.69, 9.17) is 0 Å². The maximum atomic E-state index is 9.34. The van der Waals surface area contributed by atoms with Gasteiger partial charge in [0.25, 0.3) is 0 Å². The van der Waals surface area contributed by atoms with Gasteiger partial charge < -0.3 is 15.3 Å². The van der Waals surface area contributed by atoms with Gasteiger partial charge in [-0.3, -0.25) is 0 Å². The lowest BCUT2D eigenvalue weighted by atomic mass is 9.92. The normalized spacial score (nSPS) is 13.8. The molecule has 0 bridgehead atoms. The Hall–Kier alpha value is -1.06. The number of phenols is 1. The molecule has 0 heterocycles. The largest absolute Gasteiger partial charge is 0.508 e. The molecular weight excluding hydrogens is 236 g/mol. The Morgan fingerprint density at radius 2 is 1.79 bits per heavy atom. The SMILES string of the molecule is CCC(NCC(C)(C)CN(C)C)c1ccc(O)cc1. The average molecular weight is 264 g/mol. The monoisotopic (exact) mass is 264 g/mol. The summed E-state index contributed by atoms with van der Waals surface area (Å²) in [6.45, 7) is 8.78. The van der Waals surface area contributed by atoms with E-state index in [9.17, 15) is 5.11 Å². The number of nitrogens with zero attached hydrogens (tertiary/aromatic N) is 1. The van der Waals surface area contributed by atoms with Crippen molar-refractivity contribution in [3.63, 3.8) is 0 Å². The Labute approximate surface area is 117 Å². The van der Waals surface area contributed by atoms with Gasteiger partial charge in [0.1, 0.15) is 5.75 Å². The topological polar surface area (TPSA) is 35.5 Å². The van der Waals surface area contributed by atoms with Gasteiger partial charge in [-0.15, -0.1) is 0 Å². The Balaban J connectivity index is 2.60. The maximum absolute atomic E-state index is 9.34. The average Bonchev–Trinajstić information content (AvgIpc) is 2.30. The minimum atomic E-state index is 0.244. The second-order valence-electron chi connectivity index (χ2n) is 6.34. The van der Waals surface area contributed by atoms with E-state index in [-0.39, 0.29) is 5.41 Å². The fourth-order valence-corrected chi connectivity index (χ4v) is 2.52. The van der Waals surface area contributed by atoms with Crippen LogP contribution in [0, 0.1) is 5.41 Å². The first-order valence-electron chi connectivity index (χ1n) is 7.01. The number of nitrogens with one attached hydrogen (secondary N) is 1. The molecule has 1 unspecified atom stereocenters. The van der Waals surface area contributed by atoms with E-state index < -0.39 is 0 Å². The summed E-state index contributed by atoms with van der Waals surface area (Å²) in [6.07, 6.45) is 1.04. The van der Waals surface area contributed by atoms with Crippen LogP contribution in [0.4, 0.5) is 0 Å². The van der Waals surface area contributed by atoms with Gasteiger partial charge in [0.05, 0.1) is 0 Å². The third-order valence-corrected chi connectivity index (χ3v) is 3.27. The summed E-state index contributed by atoms with van der Waals surface area (Å²) in [6, 6.07) is 7.85. The zero-order valence-corrected chi connectivity index (χ0v) is 12.9. The van der Waals surface area contributed by atoms with Gasteiger partial charge in [-0.05, 0) is 43.6 Å². The molecule has 0 fully saturated rings. The quantitative estimate of drug-likeness (QED) is 0.794. The molecule has 1 rings (SSSR count). The lowest BCUT2D eigenvalue weighted by Gasteiger charge is -2.31. The van der Waals surface area contributed by atoms with Crippen molar-refractivity contribution in [2.45, 2.75) is 33.2 Å². The third kappa shape index (κ3) is 5.62. The van der Waals surface area contributed by atoms with E-state index in [2.05, 4.69) is 45.1 Å². The van der Waals surface area contributed by atoms with E-state index in [1.807, 2.05) is 12.1 Å². The molecule has 0 saturated heterocycles. The van der Waals surface area contributed by atoms with Gasteiger partial charge in [-0.1, -0.05) is 32.9 Å². The van der Waals surface area contributed by atoms with E-state index in [0.29, 0.717) is 11.8 Å². The summed E-state index contributed by atoms with van der Waals surface area (Å²) >= 11 is 0. The van der Waals surface area contributed by atoms with Crippen LogP contribution in [0.1, 0.15) is 38.8 Å². The van der Waals surface area contributed by atoms with E-state index >= 15 is 0 Å². The van der Waals surface area contributed by atoms with Crippen LogP contribution < -0.4 is 5.32 Å². The Morgan fingerprint density at radius 1 is 1.21 bits per heavy atom. The highest BCUT2D eigenvalue weighted by atomic mass is 16.3. The van der Waals surface area contributed by atoms with Crippen molar-refractivity contribution in [3.8, 4) is 5.75 Å². The summed E-state index contributed by atoms with van der Waals surface area (Å²) in [5, 5.41) is 13.0. The van der Waals surface area contributed by atoms with E-state index in [0.717, 1.165) is 19.5 Å². The van der Waals surface area contributed by atoms with Crippen LogP contribution in [-0.2, 0) is 0 Å². The fourth-order valence-electron chi connectivity index (χ4n) is 2.52. The van der Waals surface area contributed by atoms with Crippen LogP contribution in [0.2, 0.25) is 0 Å². The second kappa shape index (κ2) is 6.92. The summed E-state index contributed by atoms with van der Waals surface area (Å²) in [7, 11) is 4.22. The Morgan fingerprint density at radius 3 is 2.26 bits per heavy atom. The van der Waals surface area contributed by atoms with E-state index in [1.165, 1.54) is 5.56 Å². The maximum Gasteiger partial charge on any atom is 0.115 e. The molecule has 0 aliphatic heterocycles. The van der Waals surface area contributed by atoms with Crippen LogP contribution >= 0.6 is 0 Å². The van der Waals surface area contributed by atoms with Crippen molar-refractivity contribution >= 4 is 0 Å². The molecule has 108 valence electrons. The molecule has 0 aromatic heterocycles. The van der Waals surface area contributed by atoms with E-state index in [1.54, 1.807) is 12.1 Å². The molecule has 3 heteroatoms. The molecule has 0 aliphatic rings. The predicted octanol–water partition coefficient (Wildman–Crippen LogP) is 3.02. The van der Waals surface area contributed by atoms with Crippen molar-refractivity contribution in [1.29, 1.82) is 0 Å². The molecule has 3 nitrogen and oxygen atoms in total. The smallest absolute Gasteiger partial charge is 0.115 e. The van der Waals surface area contributed by atoms with Crippen LogP contribution in [0.5, 0.6) is 5.75 Å². The predicted molar refractivity (Wildman–Crippen MR) is 81.5 cm³/mol. The first-order valence-corrected chi connectivity index (χ1v) is 7.01. The lowest BCUT2D eigenvalue weighted by molar-refractivity contribution is 0.224. The van der Waals surface area contributed by atoms with Gasteiger partial charge in [0, 0.05) is 19.1 Å². The van der Waals surface area contributed by atoms with Crippen molar-refractivity contribution in [2.75, 3.05) is 27.2 Å². The molecule has 2 N–H and O–H groups in total. The Bertz CT molecular complexity index is 371. The number of phenolic OH excluding ortho intramolecular Hbond substituents is 1. The number of aromatic hydroxyl groups is 1. The molecule has 0 amide bonds. The van der Waals surface area contributed by atoms with Gasteiger partial charge >= 0.3 is 0 Å². The molecular formula is C16H28N2O. The minimum Gasteiger partial charge on any atom is -0.508 e. The highest BCUT2D eigenvalue weighted by Crippen LogP contribution is 2.22. The summed E-state index contributed by atoms with van der Waals surface area (Å²) in [5.74, 6) is 0.326. The van der Waals surface area contributed by atoms with Crippen molar-refractivity contribution in [2.24, 2.45) is 5.41 Å². The van der Waals surface area contributed by atoms with Gasteiger partial charge in [0.2, 0.25) is 0 Å². The molecule has 19 heavy (non-hydrogen) atoms. The first-order chi connectivity index (χ1) is 8.84. The van der Waals surface area contributed by atoms with Crippen LogP contribution in [0.25, 0.3) is 0 Å². The molecule has 1 atom stereocenters. The number of hydrogen-bond donors (Lipinski definition) is 2. The zero-order chi connectivity index (χ0) is 14.5. The fraction of sp³-hybridized carbons (Fsp3) is 0.625. The molecule has 0 aliphatic carbocycles. The minimum absolute atomic E-state index is 0.244. The van der Waals surface area contributed by atoms with Gasteiger partial charge in [0.15, 0.2) is 0 Å². The molecule has 0 saturated carbocycles. The van der Waals surface area contributed by atoms with Crippen molar-refractivity contribution in [3.05, 3.63) is 29.8 Å². The molecule has 1 aromatic carbocycles. The zero-order valence-electron chi connectivity index (χ0n) is 12.9. The standard InChI is InChI=1S/C16H28N2O/c1-6-15(13-7-9-14(19)10-8-13)17-11-16(2,3)12-18(4)5/h7-10,15,17,19H,6,11-12H2,1-5H3. The van der Waals surface area contributed by atoms with Crippen LogP contribution in [-0.4, -0.2) is 37.2 Å². The third-order valence-electron chi connectivity index (χ3n) is 3.27. The van der Waals surface area contributed by atoms with Crippen molar-refractivity contribution in [1.82, 2.24) is 10.2 Å². The number of hydrogen-bond acceptors (Lipinski definition) is 3. The lowest BCUT2D eigenvalue weighted by Crippen LogP contribution is -2.38. The second-order valence-corrected chi connectivity index (χ2v) is 6.34. The van der Waals surface area contributed by atoms with Crippen LogP contribution in [0.3, 0.4) is 0 Å². The summed E-state index contributed by atoms with van der Waals surface area (Å²) in [5.41, 5.74) is 1.48. The molecule has 0 radical (unpaired) electrons.